The van der Waals surface area contributed by atoms with Gasteiger partial charge in [0.25, 0.3) is 16.0 Å². The van der Waals surface area contributed by atoms with E-state index in [1.165, 1.54) is 19.2 Å². The Kier molecular flexibility index (Phi) is 7.80. The number of carbonyl (C=O) groups is 1. The lowest BCUT2D eigenvalue weighted by Crippen LogP contribution is -2.12. The van der Waals surface area contributed by atoms with Crippen molar-refractivity contribution in [2.45, 2.75) is 11.8 Å². The van der Waals surface area contributed by atoms with Crippen molar-refractivity contribution in [2.75, 3.05) is 7.11 Å². The molecule has 0 atom stereocenters. The Morgan fingerprint density at radius 1 is 1.13 bits per heavy atom. The molecule has 1 amide bonds. The van der Waals surface area contributed by atoms with E-state index >= 15 is 0 Å². The van der Waals surface area contributed by atoms with Crippen LogP contribution < -0.4 is 10.5 Å². The van der Waals surface area contributed by atoms with Gasteiger partial charge >= 0.3 is 0 Å². The number of ether oxygens (including phenoxy) is 1. The van der Waals surface area contributed by atoms with Gasteiger partial charge in [0.2, 0.25) is 0 Å². The number of carbonyl (C=O) groups excluding carboxylic acids is 1. The van der Waals surface area contributed by atoms with E-state index in [-0.39, 0.29) is 4.90 Å². The Morgan fingerprint density at radius 2 is 1.80 bits per heavy atom. The van der Waals surface area contributed by atoms with Crippen LogP contribution in [0.1, 0.15) is 15.9 Å². The number of nitrogens with zero attached hydrogens (tertiary/aromatic N) is 1. The van der Waals surface area contributed by atoms with Crippen molar-refractivity contribution in [3.63, 3.8) is 0 Å². The van der Waals surface area contributed by atoms with Crippen molar-refractivity contribution >= 4 is 39.2 Å². The van der Waals surface area contributed by atoms with Gasteiger partial charge in [0, 0.05) is 21.8 Å². The third-order valence-corrected chi connectivity index (χ3v) is 5.29. The van der Waals surface area contributed by atoms with Crippen LogP contribution in [-0.4, -0.2) is 31.0 Å². The summed E-state index contributed by atoms with van der Waals surface area (Å²) in [5.41, 5.74) is 7.35. The number of nitrogens with two attached hydrogens (primary N) is 1. The number of rotatable bonds is 4. The van der Waals surface area contributed by atoms with Crippen LogP contribution in [0.25, 0.3) is 11.3 Å². The van der Waals surface area contributed by atoms with Gasteiger partial charge in [0.05, 0.1) is 18.4 Å². The van der Waals surface area contributed by atoms with E-state index < -0.39 is 16.0 Å². The minimum atomic E-state index is -4.23. The number of amides is 1. The van der Waals surface area contributed by atoms with E-state index in [0.717, 1.165) is 11.8 Å². The molecule has 0 saturated carbocycles. The summed E-state index contributed by atoms with van der Waals surface area (Å²) in [5.74, 6) is -0.126. The van der Waals surface area contributed by atoms with Crippen LogP contribution in [0.15, 0.2) is 59.6 Å². The Labute approximate surface area is 184 Å². The Hall–Kier alpha value is -2.65. The molecule has 0 spiro atoms. The molecule has 7 nitrogen and oxygen atoms in total. The molecule has 3 N–H and O–H groups in total. The smallest absolute Gasteiger partial charge is 0.296 e. The number of benzene rings is 2. The highest BCUT2D eigenvalue weighted by Gasteiger charge is 2.14. The molecular weight excluding hydrogens is 451 g/mol. The van der Waals surface area contributed by atoms with E-state index in [2.05, 4.69) is 4.98 Å². The molecule has 0 aliphatic rings. The van der Waals surface area contributed by atoms with Crippen molar-refractivity contribution in [1.29, 1.82) is 0 Å². The van der Waals surface area contributed by atoms with Crippen molar-refractivity contribution < 1.29 is 22.5 Å². The van der Waals surface area contributed by atoms with E-state index in [0.29, 0.717) is 32.6 Å². The zero-order chi connectivity index (χ0) is 22.5. The van der Waals surface area contributed by atoms with Gasteiger partial charge in [-0.2, -0.15) is 8.42 Å². The summed E-state index contributed by atoms with van der Waals surface area (Å²) in [5, 5.41) is 1.05. The Bertz CT molecular complexity index is 1180. The van der Waals surface area contributed by atoms with Crippen molar-refractivity contribution in [3.8, 4) is 17.0 Å². The summed E-state index contributed by atoms with van der Waals surface area (Å²) >= 11 is 11.7. The largest absolute Gasteiger partial charge is 0.496 e. The molecular formula is C20H18Cl2N2O5S. The van der Waals surface area contributed by atoms with Gasteiger partial charge in [-0.05, 0) is 42.8 Å². The fourth-order valence-electron chi connectivity index (χ4n) is 2.49. The predicted molar refractivity (Wildman–Crippen MR) is 116 cm³/mol. The first-order chi connectivity index (χ1) is 14.0. The summed E-state index contributed by atoms with van der Waals surface area (Å²) in [7, 11) is -2.77. The fraction of sp³-hybridized carbons (Fsp3) is 0.100. The number of aromatic nitrogens is 1. The molecule has 0 aliphatic heterocycles. The average molecular weight is 469 g/mol. The van der Waals surface area contributed by atoms with Crippen LogP contribution in [0, 0.1) is 6.92 Å². The molecule has 0 aliphatic carbocycles. The number of halogens is 2. The SMILES string of the molecule is COc1cc(Cl)ccc1C(N)=O.Cc1cc(S(=O)(=O)O)cnc1-c1ccccc1Cl. The Balaban J connectivity index is 0.000000232. The van der Waals surface area contributed by atoms with Crippen LogP contribution in [-0.2, 0) is 10.1 Å². The van der Waals surface area contributed by atoms with Gasteiger partial charge in [-0.15, -0.1) is 0 Å². The lowest BCUT2D eigenvalue weighted by molar-refractivity contribution is 0.0997. The van der Waals surface area contributed by atoms with Gasteiger partial charge in [-0.25, -0.2) is 0 Å². The van der Waals surface area contributed by atoms with Gasteiger partial charge in [-0.1, -0.05) is 41.4 Å². The molecule has 0 radical (unpaired) electrons. The maximum Gasteiger partial charge on any atom is 0.296 e. The zero-order valence-corrected chi connectivity index (χ0v) is 18.3. The summed E-state index contributed by atoms with van der Waals surface area (Å²) in [6.07, 6.45) is 1.11. The van der Waals surface area contributed by atoms with E-state index in [1.807, 2.05) is 6.07 Å². The van der Waals surface area contributed by atoms with Crippen LogP contribution in [0.4, 0.5) is 0 Å². The average Bonchev–Trinajstić information content (AvgIpc) is 2.68. The summed E-state index contributed by atoms with van der Waals surface area (Å²) in [6, 6.07) is 13.2. The molecule has 2 aromatic carbocycles. The van der Waals surface area contributed by atoms with Crippen LogP contribution >= 0.6 is 23.2 Å². The van der Waals surface area contributed by atoms with Crippen LogP contribution in [0.3, 0.4) is 0 Å². The van der Waals surface area contributed by atoms with Crippen molar-refractivity contribution in [1.82, 2.24) is 4.98 Å². The monoisotopic (exact) mass is 468 g/mol. The second-order valence-electron chi connectivity index (χ2n) is 6.00. The second kappa shape index (κ2) is 9.90. The first-order valence-electron chi connectivity index (χ1n) is 8.37. The van der Waals surface area contributed by atoms with E-state index in [9.17, 15) is 13.2 Å². The third kappa shape index (κ3) is 5.93. The predicted octanol–water partition coefficient (Wildman–Crippen LogP) is 4.40. The van der Waals surface area contributed by atoms with Crippen molar-refractivity contribution in [2.24, 2.45) is 5.73 Å². The summed E-state index contributed by atoms with van der Waals surface area (Å²) in [6.45, 7) is 1.71. The second-order valence-corrected chi connectivity index (χ2v) is 8.27. The fourth-order valence-corrected chi connectivity index (χ4v) is 3.39. The number of pyridine rings is 1. The number of aryl methyl sites for hydroxylation is 1. The first-order valence-corrected chi connectivity index (χ1v) is 10.6. The molecule has 3 aromatic rings. The standard InChI is InChI=1S/C12H10ClNO3S.C8H8ClNO2/c1-8-6-9(18(15,16)17)7-14-12(8)10-4-2-3-5-11(10)13;1-12-7-4-5(9)2-3-6(7)8(10)11/h2-7H,1H3,(H,15,16,17);2-4H,1H3,(H2,10,11). The zero-order valence-electron chi connectivity index (χ0n) is 16.0. The number of primary amides is 1. The Morgan fingerprint density at radius 3 is 2.33 bits per heavy atom. The minimum absolute atomic E-state index is 0.226. The quantitative estimate of drug-likeness (QED) is 0.547. The topological polar surface area (TPSA) is 120 Å². The van der Waals surface area contributed by atoms with Gasteiger partial charge < -0.3 is 10.5 Å². The molecule has 0 unspecified atom stereocenters. The molecule has 30 heavy (non-hydrogen) atoms. The lowest BCUT2D eigenvalue weighted by Gasteiger charge is -2.07. The highest BCUT2D eigenvalue weighted by molar-refractivity contribution is 7.85. The van der Waals surface area contributed by atoms with Gasteiger partial charge in [0.1, 0.15) is 10.6 Å². The third-order valence-electron chi connectivity index (χ3n) is 3.91. The lowest BCUT2D eigenvalue weighted by atomic mass is 10.1. The minimum Gasteiger partial charge on any atom is -0.496 e. The maximum absolute atomic E-state index is 11.0. The molecule has 1 aromatic heterocycles. The first kappa shape index (κ1) is 23.6. The number of hydrogen-bond donors (Lipinski definition) is 2. The molecule has 158 valence electrons. The molecule has 0 fully saturated rings. The number of methoxy groups -OCH3 is 1. The normalized spacial score (nSPS) is 10.7. The van der Waals surface area contributed by atoms with Gasteiger partial charge in [0.15, 0.2) is 0 Å². The van der Waals surface area contributed by atoms with E-state index in [4.69, 9.17) is 38.2 Å². The summed E-state index contributed by atoms with van der Waals surface area (Å²) < 4.78 is 35.8. The molecule has 0 bridgehead atoms. The molecule has 10 heteroatoms. The number of hydrogen-bond acceptors (Lipinski definition) is 5. The molecule has 3 rings (SSSR count). The highest BCUT2D eigenvalue weighted by Crippen LogP contribution is 2.29. The molecule has 1 heterocycles. The van der Waals surface area contributed by atoms with Crippen LogP contribution in [0.5, 0.6) is 5.75 Å². The van der Waals surface area contributed by atoms with Gasteiger partial charge in [-0.3, -0.25) is 14.3 Å². The maximum atomic E-state index is 11.0. The van der Waals surface area contributed by atoms with Crippen LogP contribution in [0.2, 0.25) is 10.0 Å². The summed E-state index contributed by atoms with van der Waals surface area (Å²) in [4.78, 5) is 14.6. The van der Waals surface area contributed by atoms with E-state index in [1.54, 1.807) is 37.3 Å². The van der Waals surface area contributed by atoms with Crippen molar-refractivity contribution in [3.05, 3.63) is 75.9 Å². The highest BCUT2D eigenvalue weighted by atomic mass is 35.5. The molecule has 0 saturated heterocycles.